The van der Waals surface area contributed by atoms with Crippen LogP contribution in [0.3, 0.4) is 0 Å². The number of benzene rings is 1. The van der Waals surface area contributed by atoms with Crippen molar-refractivity contribution in [2.45, 2.75) is 19.4 Å². The van der Waals surface area contributed by atoms with Crippen molar-refractivity contribution < 1.29 is 9.47 Å². The average Bonchev–Trinajstić information content (AvgIpc) is 3.12. The molecule has 0 amide bonds. The molecular formula is C17H24IN3O2S. The van der Waals surface area contributed by atoms with Gasteiger partial charge >= 0.3 is 0 Å². The number of rotatable bonds is 7. The van der Waals surface area contributed by atoms with Crippen molar-refractivity contribution in [3.8, 4) is 11.5 Å². The van der Waals surface area contributed by atoms with Crippen molar-refractivity contribution in [3.05, 3.63) is 46.2 Å². The van der Waals surface area contributed by atoms with Crippen molar-refractivity contribution >= 4 is 41.3 Å². The Bertz CT molecular complexity index is 647. The number of ether oxygens (including phenoxy) is 2. The van der Waals surface area contributed by atoms with Crippen LogP contribution in [0.5, 0.6) is 11.5 Å². The van der Waals surface area contributed by atoms with Gasteiger partial charge in [0.15, 0.2) is 17.5 Å². The highest BCUT2D eigenvalue weighted by molar-refractivity contribution is 14.0. The van der Waals surface area contributed by atoms with Crippen LogP contribution in [0.15, 0.2) is 40.7 Å². The van der Waals surface area contributed by atoms with Crippen LogP contribution < -0.4 is 20.5 Å². The number of methoxy groups -OCH3 is 2. The molecule has 24 heavy (non-hydrogen) atoms. The molecular weight excluding hydrogens is 437 g/mol. The van der Waals surface area contributed by atoms with E-state index < -0.39 is 0 Å². The number of halogens is 1. The molecule has 0 saturated carbocycles. The maximum absolute atomic E-state index is 5.94. The standard InChI is InChI=1S/C17H23N3O2S.HI/c1-12(16-5-4-8-23-16)10-19-17(18)20-11-13-6-7-14(21-2)15(9-13)22-3;/h4-9,12H,10-11H2,1-3H3,(H3,18,19,20);1H. The smallest absolute Gasteiger partial charge is 0.188 e. The SMILES string of the molecule is COc1ccc(CN=C(N)NCC(C)c2cccs2)cc1OC.I. The molecule has 0 fully saturated rings. The molecule has 0 aliphatic heterocycles. The van der Waals surface area contributed by atoms with E-state index in [1.165, 1.54) is 4.88 Å². The summed E-state index contributed by atoms with van der Waals surface area (Å²) in [6.07, 6.45) is 0. The molecule has 7 heteroatoms. The van der Waals surface area contributed by atoms with Gasteiger partial charge < -0.3 is 20.5 Å². The molecule has 5 nitrogen and oxygen atoms in total. The topological polar surface area (TPSA) is 68.9 Å². The minimum atomic E-state index is 0. The molecule has 0 bridgehead atoms. The highest BCUT2D eigenvalue weighted by Gasteiger charge is 2.07. The van der Waals surface area contributed by atoms with Gasteiger partial charge in [0.2, 0.25) is 0 Å². The molecule has 0 spiro atoms. The van der Waals surface area contributed by atoms with E-state index in [1.54, 1.807) is 25.6 Å². The molecule has 2 aromatic rings. The molecule has 0 radical (unpaired) electrons. The lowest BCUT2D eigenvalue weighted by atomic mass is 10.1. The fraction of sp³-hybridized carbons (Fsp3) is 0.353. The van der Waals surface area contributed by atoms with Crippen molar-refractivity contribution in [3.63, 3.8) is 0 Å². The first-order valence-corrected chi connectivity index (χ1v) is 8.30. The lowest BCUT2D eigenvalue weighted by molar-refractivity contribution is 0.354. The summed E-state index contributed by atoms with van der Waals surface area (Å²) in [6, 6.07) is 9.92. The molecule has 132 valence electrons. The number of aliphatic imine (C=N–C) groups is 1. The van der Waals surface area contributed by atoms with Crippen LogP contribution in [0.4, 0.5) is 0 Å². The lowest BCUT2D eigenvalue weighted by Gasteiger charge is -2.12. The summed E-state index contributed by atoms with van der Waals surface area (Å²) in [5.74, 6) is 2.25. The number of nitrogens with two attached hydrogens (primary N) is 1. The third-order valence-corrected chi connectivity index (χ3v) is 4.60. The number of nitrogens with zero attached hydrogens (tertiary/aromatic N) is 1. The van der Waals surface area contributed by atoms with Crippen LogP contribution >= 0.6 is 35.3 Å². The van der Waals surface area contributed by atoms with E-state index in [4.69, 9.17) is 15.2 Å². The van der Waals surface area contributed by atoms with Crippen molar-refractivity contribution in [1.29, 1.82) is 0 Å². The second-order valence-electron chi connectivity index (χ2n) is 5.19. The van der Waals surface area contributed by atoms with Gasteiger partial charge in [0.1, 0.15) is 0 Å². The number of guanidine groups is 1. The number of nitrogens with one attached hydrogen (secondary N) is 1. The summed E-state index contributed by atoms with van der Waals surface area (Å²) in [4.78, 5) is 5.71. The summed E-state index contributed by atoms with van der Waals surface area (Å²) in [5.41, 5.74) is 6.95. The summed E-state index contributed by atoms with van der Waals surface area (Å²) in [7, 11) is 3.24. The fourth-order valence-corrected chi connectivity index (χ4v) is 2.93. The van der Waals surface area contributed by atoms with Crippen LogP contribution in [0.1, 0.15) is 23.3 Å². The molecule has 1 aromatic carbocycles. The van der Waals surface area contributed by atoms with E-state index in [9.17, 15) is 0 Å². The second kappa shape index (κ2) is 10.4. The minimum Gasteiger partial charge on any atom is -0.493 e. The summed E-state index contributed by atoms with van der Waals surface area (Å²) < 4.78 is 10.5. The third-order valence-electron chi connectivity index (χ3n) is 3.50. The maximum atomic E-state index is 5.94. The van der Waals surface area contributed by atoms with Gasteiger partial charge in [-0.05, 0) is 29.1 Å². The molecule has 1 heterocycles. The predicted molar refractivity (Wildman–Crippen MR) is 111 cm³/mol. The van der Waals surface area contributed by atoms with Crippen LogP contribution in [-0.4, -0.2) is 26.7 Å². The van der Waals surface area contributed by atoms with E-state index in [1.807, 2.05) is 18.2 Å². The zero-order valence-corrected chi connectivity index (χ0v) is 17.3. The van der Waals surface area contributed by atoms with Crippen LogP contribution in [-0.2, 0) is 6.54 Å². The Morgan fingerprint density at radius 3 is 2.62 bits per heavy atom. The molecule has 0 aliphatic carbocycles. The highest BCUT2D eigenvalue weighted by atomic mass is 127. The monoisotopic (exact) mass is 461 g/mol. The first-order chi connectivity index (χ1) is 11.1. The largest absolute Gasteiger partial charge is 0.493 e. The van der Waals surface area contributed by atoms with E-state index in [0.717, 1.165) is 12.1 Å². The highest BCUT2D eigenvalue weighted by Crippen LogP contribution is 2.27. The van der Waals surface area contributed by atoms with Gasteiger partial charge in [0.05, 0.1) is 20.8 Å². The Labute approximate surface area is 164 Å². The summed E-state index contributed by atoms with van der Waals surface area (Å²) >= 11 is 1.75. The van der Waals surface area contributed by atoms with Gasteiger partial charge in [0.25, 0.3) is 0 Å². The Balaban J connectivity index is 0.00000288. The van der Waals surface area contributed by atoms with E-state index in [-0.39, 0.29) is 24.0 Å². The molecule has 1 unspecified atom stereocenters. The van der Waals surface area contributed by atoms with Crippen LogP contribution in [0.25, 0.3) is 0 Å². The maximum Gasteiger partial charge on any atom is 0.188 e. The van der Waals surface area contributed by atoms with E-state index >= 15 is 0 Å². The van der Waals surface area contributed by atoms with Crippen molar-refractivity contribution in [2.75, 3.05) is 20.8 Å². The first kappa shape index (κ1) is 20.6. The van der Waals surface area contributed by atoms with Gasteiger partial charge in [0, 0.05) is 17.3 Å². The van der Waals surface area contributed by atoms with Gasteiger partial charge in [-0.3, -0.25) is 0 Å². The molecule has 0 saturated heterocycles. The van der Waals surface area contributed by atoms with E-state index in [2.05, 4.69) is 34.7 Å². The molecule has 3 N–H and O–H groups in total. The lowest BCUT2D eigenvalue weighted by Crippen LogP contribution is -2.34. The van der Waals surface area contributed by atoms with Crippen LogP contribution in [0.2, 0.25) is 0 Å². The van der Waals surface area contributed by atoms with Crippen LogP contribution in [0, 0.1) is 0 Å². The van der Waals surface area contributed by atoms with Crippen molar-refractivity contribution in [1.82, 2.24) is 5.32 Å². The third kappa shape index (κ3) is 5.86. The Morgan fingerprint density at radius 2 is 2.00 bits per heavy atom. The van der Waals surface area contributed by atoms with Gasteiger partial charge in [-0.15, -0.1) is 35.3 Å². The van der Waals surface area contributed by atoms with Gasteiger partial charge in [-0.2, -0.15) is 0 Å². The normalized spacial score (nSPS) is 12.2. The average molecular weight is 461 g/mol. The van der Waals surface area contributed by atoms with Gasteiger partial charge in [-0.25, -0.2) is 4.99 Å². The minimum absolute atomic E-state index is 0. The van der Waals surface area contributed by atoms with Gasteiger partial charge in [-0.1, -0.05) is 19.1 Å². The molecule has 1 aromatic heterocycles. The molecule has 0 aliphatic rings. The Morgan fingerprint density at radius 1 is 1.25 bits per heavy atom. The fourth-order valence-electron chi connectivity index (χ4n) is 2.14. The molecule has 1 atom stereocenters. The first-order valence-electron chi connectivity index (χ1n) is 7.42. The number of hydrogen-bond acceptors (Lipinski definition) is 4. The predicted octanol–water partition coefficient (Wildman–Crippen LogP) is 3.59. The second-order valence-corrected chi connectivity index (χ2v) is 6.17. The summed E-state index contributed by atoms with van der Waals surface area (Å²) in [5, 5.41) is 5.25. The molecule has 2 rings (SSSR count). The van der Waals surface area contributed by atoms with E-state index in [0.29, 0.717) is 29.9 Å². The van der Waals surface area contributed by atoms with Crippen molar-refractivity contribution in [2.24, 2.45) is 10.7 Å². The number of hydrogen-bond donors (Lipinski definition) is 2. The Hall–Kier alpha value is -1.48. The zero-order valence-electron chi connectivity index (χ0n) is 14.1. The Kier molecular flexibility index (Phi) is 8.91. The summed E-state index contributed by atoms with van der Waals surface area (Å²) in [6.45, 7) is 3.43. The zero-order chi connectivity index (χ0) is 16.7. The quantitative estimate of drug-likeness (QED) is 0.376. The number of thiophene rings is 1.